The highest BCUT2D eigenvalue weighted by molar-refractivity contribution is 5.31. The van der Waals surface area contributed by atoms with Crippen molar-refractivity contribution in [1.82, 2.24) is 9.88 Å². The zero-order valence-corrected chi connectivity index (χ0v) is 17.2. The van der Waals surface area contributed by atoms with Crippen molar-refractivity contribution in [2.45, 2.75) is 51.4 Å². The second-order valence-electron chi connectivity index (χ2n) is 7.89. The van der Waals surface area contributed by atoms with E-state index in [1.807, 2.05) is 24.3 Å². The molecular formula is C24H32N2O3. The molecule has 5 nitrogen and oxygen atoms in total. The second-order valence-corrected chi connectivity index (χ2v) is 7.89. The summed E-state index contributed by atoms with van der Waals surface area (Å²) in [5, 5.41) is 0. The summed E-state index contributed by atoms with van der Waals surface area (Å²) < 4.78 is 17.6. The van der Waals surface area contributed by atoms with Crippen LogP contribution in [0.5, 0.6) is 5.75 Å². The van der Waals surface area contributed by atoms with Crippen LogP contribution in [0.15, 0.2) is 42.5 Å². The number of ether oxygens (including phenoxy) is 3. The first-order valence-electron chi connectivity index (χ1n) is 11.0. The van der Waals surface area contributed by atoms with Gasteiger partial charge in [0.1, 0.15) is 18.1 Å². The molecule has 4 rings (SSSR count). The van der Waals surface area contributed by atoms with E-state index in [0.717, 1.165) is 35.7 Å². The topological polar surface area (TPSA) is 43.8 Å². The number of rotatable bonds is 7. The zero-order chi connectivity index (χ0) is 19.7. The summed E-state index contributed by atoms with van der Waals surface area (Å²) in [7, 11) is 0. The summed E-state index contributed by atoms with van der Waals surface area (Å²) in [6, 6.07) is 14.3. The van der Waals surface area contributed by atoms with Crippen LogP contribution in [0.4, 0.5) is 0 Å². The smallest absolute Gasteiger partial charge is 0.205 e. The van der Waals surface area contributed by atoms with Gasteiger partial charge in [-0.1, -0.05) is 49.6 Å². The molecule has 0 bridgehead atoms. The van der Waals surface area contributed by atoms with Crippen molar-refractivity contribution >= 4 is 0 Å². The van der Waals surface area contributed by atoms with E-state index in [1.54, 1.807) is 0 Å². The Balaban J connectivity index is 1.42. The highest BCUT2D eigenvalue weighted by Gasteiger charge is 2.24. The molecule has 1 aromatic heterocycles. The van der Waals surface area contributed by atoms with Gasteiger partial charge < -0.3 is 19.1 Å². The van der Waals surface area contributed by atoms with Crippen molar-refractivity contribution in [1.29, 1.82) is 0 Å². The molecule has 0 N–H and O–H groups in total. The minimum atomic E-state index is -0.428. The molecule has 2 aromatic rings. The summed E-state index contributed by atoms with van der Waals surface area (Å²) >= 11 is 0. The molecule has 1 aromatic carbocycles. The predicted octanol–water partition coefficient (Wildman–Crippen LogP) is 4.51. The van der Waals surface area contributed by atoms with Crippen molar-refractivity contribution in [3.63, 3.8) is 0 Å². The number of aromatic nitrogens is 1. The number of benzene rings is 1. The van der Waals surface area contributed by atoms with E-state index in [4.69, 9.17) is 19.2 Å². The lowest BCUT2D eigenvalue weighted by molar-refractivity contribution is -0.0493. The molecule has 0 radical (unpaired) electrons. The van der Waals surface area contributed by atoms with Crippen LogP contribution >= 0.6 is 0 Å². The van der Waals surface area contributed by atoms with E-state index in [0.29, 0.717) is 19.8 Å². The van der Waals surface area contributed by atoms with Crippen LogP contribution in [0, 0.1) is 0 Å². The Morgan fingerprint density at radius 2 is 1.62 bits per heavy atom. The lowest BCUT2D eigenvalue weighted by Gasteiger charge is -2.24. The number of hydrogen-bond donors (Lipinski definition) is 0. The van der Waals surface area contributed by atoms with Gasteiger partial charge in [-0.2, -0.15) is 0 Å². The van der Waals surface area contributed by atoms with Gasteiger partial charge in [-0.3, -0.25) is 0 Å². The van der Waals surface area contributed by atoms with Gasteiger partial charge >= 0.3 is 0 Å². The van der Waals surface area contributed by atoms with Gasteiger partial charge in [-0.05, 0) is 43.6 Å². The van der Waals surface area contributed by atoms with Crippen molar-refractivity contribution in [3.8, 4) is 5.75 Å². The number of pyridine rings is 1. The van der Waals surface area contributed by atoms with E-state index >= 15 is 0 Å². The Labute approximate surface area is 174 Å². The Morgan fingerprint density at radius 3 is 2.38 bits per heavy atom. The van der Waals surface area contributed by atoms with E-state index in [-0.39, 0.29) is 0 Å². The molecule has 0 atom stereocenters. The number of likely N-dealkylation sites (tertiary alicyclic amines) is 1. The third-order valence-electron chi connectivity index (χ3n) is 5.66. The van der Waals surface area contributed by atoms with Crippen LogP contribution in [-0.2, 0) is 22.5 Å². The summed E-state index contributed by atoms with van der Waals surface area (Å²) in [5.74, 6) is 0.746. The fourth-order valence-corrected chi connectivity index (χ4v) is 4.00. The molecule has 0 aliphatic carbocycles. The van der Waals surface area contributed by atoms with Crippen molar-refractivity contribution in [2.75, 3.05) is 32.8 Å². The lowest BCUT2D eigenvalue weighted by Crippen LogP contribution is -2.29. The van der Waals surface area contributed by atoms with Gasteiger partial charge in [0.15, 0.2) is 0 Å². The maximum Gasteiger partial charge on any atom is 0.205 e. The summed E-state index contributed by atoms with van der Waals surface area (Å²) in [6.45, 7) is 5.18. The first-order chi connectivity index (χ1) is 14.4. The van der Waals surface area contributed by atoms with E-state index in [2.05, 4.69) is 23.1 Å². The van der Waals surface area contributed by atoms with Crippen LogP contribution in [-0.4, -0.2) is 42.7 Å². The predicted molar refractivity (Wildman–Crippen MR) is 113 cm³/mol. The molecule has 2 aliphatic rings. The molecule has 0 saturated carbocycles. The molecular weight excluding hydrogens is 364 g/mol. The molecule has 2 fully saturated rings. The van der Waals surface area contributed by atoms with E-state index in [9.17, 15) is 0 Å². The zero-order valence-electron chi connectivity index (χ0n) is 17.2. The second kappa shape index (κ2) is 10.7. The fraction of sp³-hybridized carbons (Fsp3) is 0.542. The van der Waals surface area contributed by atoms with Crippen LogP contribution < -0.4 is 4.74 Å². The lowest BCUT2D eigenvalue weighted by atomic mass is 10.1. The molecule has 0 amide bonds. The van der Waals surface area contributed by atoms with Crippen LogP contribution in [0.25, 0.3) is 0 Å². The van der Waals surface area contributed by atoms with Crippen molar-refractivity contribution in [3.05, 3.63) is 59.4 Å². The normalized spacial score (nSPS) is 19.0. The van der Waals surface area contributed by atoms with Gasteiger partial charge in [-0.25, -0.2) is 4.98 Å². The summed E-state index contributed by atoms with van der Waals surface area (Å²) in [4.78, 5) is 7.48. The molecule has 29 heavy (non-hydrogen) atoms. The molecule has 2 saturated heterocycles. The molecule has 156 valence electrons. The molecule has 2 aliphatic heterocycles. The monoisotopic (exact) mass is 396 g/mol. The highest BCUT2D eigenvalue weighted by atomic mass is 16.7. The molecule has 5 heteroatoms. The van der Waals surface area contributed by atoms with Gasteiger partial charge in [0.25, 0.3) is 0 Å². The maximum absolute atomic E-state index is 6.08. The van der Waals surface area contributed by atoms with Gasteiger partial charge in [0, 0.05) is 18.7 Å². The van der Waals surface area contributed by atoms with Crippen molar-refractivity contribution in [2.24, 2.45) is 0 Å². The first kappa shape index (κ1) is 20.3. The van der Waals surface area contributed by atoms with Crippen LogP contribution in [0.3, 0.4) is 0 Å². The Morgan fingerprint density at radius 1 is 0.897 bits per heavy atom. The SMILES string of the molecule is c1ccc(COc2ccc(CCN3CCCCCCC3)nc2C2OCCO2)cc1. The molecule has 0 unspecified atom stereocenters. The maximum atomic E-state index is 6.08. The van der Waals surface area contributed by atoms with Gasteiger partial charge in [0.05, 0.1) is 13.2 Å². The first-order valence-corrected chi connectivity index (χ1v) is 11.0. The Kier molecular flexibility index (Phi) is 7.51. The van der Waals surface area contributed by atoms with Crippen LogP contribution in [0.1, 0.15) is 55.3 Å². The van der Waals surface area contributed by atoms with E-state index in [1.165, 1.54) is 45.2 Å². The van der Waals surface area contributed by atoms with Crippen LogP contribution in [0.2, 0.25) is 0 Å². The molecule has 0 spiro atoms. The number of nitrogens with zero attached hydrogens (tertiary/aromatic N) is 2. The third kappa shape index (κ3) is 6.01. The quantitative estimate of drug-likeness (QED) is 0.689. The van der Waals surface area contributed by atoms with E-state index < -0.39 is 6.29 Å². The fourth-order valence-electron chi connectivity index (χ4n) is 4.00. The van der Waals surface area contributed by atoms with Gasteiger partial charge in [0.2, 0.25) is 6.29 Å². The summed E-state index contributed by atoms with van der Waals surface area (Å²) in [5.41, 5.74) is 2.98. The standard InChI is InChI=1S/C24H32N2O3/c1-2-7-14-26(15-8-3-1)16-13-21-11-12-22(23(25-21)24-27-17-18-28-24)29-19-20-9-5-4-6-10-20/h4-6,9-12,24H,1-3,7-8,13-19H2. The van der Waals surface area contributed by atoms with Gasteiger partial charge in [-0.15, -0.1) is 0 Å². The average Bonchev–Trinajstić information content (AvgIpc) is 3.27. The minimum absolute atomic E-state index is 0.428. The summed E-state index contributed by atoms with van der Waals surface area (Å²) in [6.07, 6.45) is 7.26. The average molecular weight is 397 g/mol. The Bertz CT molecular complexity index is 739. The number of hydrogen-bond acceptors (Lipinski definition) is 5. The molecule has 3 heterocycles. The largest absolute Gasteiger partial charge is 0.487 e. The third-order valence-corrected chi connectivity index (χ3v) is 5.66. The minimum Gasteiger partial charge on any atom is -0.487 e. The van der Waals surface area contributed by atoms with Crippen molar-refractivity contribution < 1.29 is 14.2 Å². The Hall–Kier alpha value is -1.95. The highest BCUT2D eigenvalue weighted by Crippen LogP contribution is 2.30.